The van der Waals surface area contributed by atoms with Gasteiger partial charge in [-0.05, 0) is 44.6 Å². The predicted octanol–water partition coefficient (Wildman–Crippen LogP) is 3.72. The smallest absolute Gasteiger partial charge is 0.174 e. The summed E-state index contributed by atoms with van der Waals surface area (Å²) in [4.78, 5) is 8.76. The van der Waals surface area contributed by atoms with Crippen LogP contribution in [0.3, 0.4) is 0 Å². The van der Waals surface area contributed by atoms with Crippen LogP contribution in [0.2, 0.25) is 5.15 Å². The van der Waals surface area contributed by atoms with Crippen LogP contribution < -0.4 is 19.6 Å². The van der Waals surface area contributed by atoms with Gasteiger partial charge in [-0.2, -0.15) is 5.10 Å². The molecule has 2 aliphatic rings. The molecule has 170 valence electrons. The molecule has 0 aromatic carbocycles. The molecule has 0 N–H and O–H groups in total. The van der Waals surface area contributed by atoms with E-state index in [0.29, 0.717) is 5.15 Å². The van der Waals surface area contributed by atoms with Gasteiger partial charge in [0.15, 0.2) is 16.8 Å². The second-order valence-corrected chi connectivity index (χ2v) is 8.89. The third-order valence-electron chi connectivity index (χ3n) is 5.65. The first-order valence-electron chi connectivity index (χ1n) is 11.2. The van der Waals surface area contributed by atoms with Crippen LogP contribution in [0.15, 0.2) is 18.3 Å². The fraction of sp³-hybridized carbons (Fsp3) is 0.636. The standard InChI is InChI=1S/C11H17ClN4.C11H18N4/c1-15(2)11-9(8-10(12)13-14-11)16-6-4-3-5-7-16;1-14(2)11-10(6-7-12-13-11)15-8-4-3-5-9-15/h8H,3-7H2,1-2H3;6-7H,3-5,8-9H2,1-2H3. The highest BCUT2D eigenvalue weighted by Crippen LogP contribution is 2.29. The van der Waals surface area contributed by atoms with Crippen molar-refractivity contribution in [2.24, 2.45) is 0 Å². The third kappa shape index (κ3) is 6.32. The lowest BCUT2D eigenvalue weighted by Gasteiger charge is -2.31. The maximum atomic E-state index is 5.92. The van der Waals surface area contributed by atoms with Crippen molar-refractivity contribution < 1.29 is 0 Å². The molecule has 9 heteroatoms. The molecule has 0 atom stereocenters. The van der Waals surface area contributed by atoms with E-state index in [1.807, 2.05) is 44.1 Å². The first-order valence-corrected chi connectivity index (χ1v) is 11.5. The van der Waals surface area contributed by atoms with Gasteiger partial charge >= 0.3 is 0 Å². The van der Waals surface area contributed by atoms with E-state index in [-0.39, 0.29) is 0 Å². The molecule has 4 rings (SSSR count). The fourth-order valence-electron chi connectivity index (χ4n) is 4.06. The number of anilines is 4. The van der Waals surface area contributed by atoms with Crippen LogP contribution in [0.25, 0.3) is 0 Å². The Labute approximate surface area is 191 Å². The molecule has 2 saturated heterocycles. The Morgan fingerprint density at radius 1 is 0.710 bits per heavy atom. The average Bonchev–Trinajstić information content (AvgIpc) is 2.80. The van der Waals surface area contributed by atoms with E-state index < -0.39 is 0 Å². The van der Waals surface area contributed by atoms with Gasteiger partial charge in [0.05, 0.1) is 17.6 Å². The molecule has 0 bridgehead atoms. The third-order valence-corrected chi connectivity index (χ3v) is 5.83. The molecule has 2 aliphatic heterocycles. The highest BCUT2D eigenvalue weighted by Gasteiger charge is 2.18. The lowest BCUT2D eigenvalue weighted by atomic mass is 10.1. The molecular formula is C22H35ClN8. The summed E-state index contributed by atoms with van der Waals surface area (Å²) in [6, 6.07) is 3.98. The Bertz CT molecular complexity index is 817. The van der Waals surface area contributed by atoms with E-state index in [0.717, 1.165) is 43.5 Å². The van der Waals surface area contributed by atoms with E-state index >= 15 is 0 Å². The molecule has 0 unspecified atom stereocenters. The van der Waals surface area contributed by atoms with Gasteiger partial charge in [0.25, 0.3) is 0 Å². The van der Waals surface area contributed by atoms with Gasteiger partial charge in [-0.15, -0.1) is 15.3 Å². The summed E-state index contributed by atoms with van der Waals surface area (Å²) >= 11 is 5.92. The van der Waals surface area contributed by atoms with Crippen molar-refractivity contribution in [1.82, 2.24) is 20.4 Å². The molecule has 31 heavy (non-hydrogen) atoms. The summed E-state index contributed by atoms with van der Waals surface area (Å²) in [6.45, 7) is 4.46. The van der Waals surface area contributed by atoms with E-state index in [1.54, 1.807) is 6.20 Å². The number of rotatable bonds is 4. The Balaban J connectivity index is 0.000000176. The Hall–Kier alpha value is -2.35. The summed E-state index contributed by atoms with van der Waals surface area (Å²) in [7, 11) is 7.98. The van der Waals surface area contributed by atoms with Gasteiger partial charge < -0.3 is 19.6 Å². The van der Waals surface area contributed by atoms with Crippen LogP contribution in [0.1, 0.15) is 38.5 Å². The maximum Gasteiger partial charge on any atom is 0.174 e. The highest BCUT2D eigenvalue weighted by atomic mass is 35.5. The topological polar surface area (TPSA) is 64.5 Å². The summed E-state index contributed by atoms with van der Waals surface area (Å²) < 4.78 is 0. The number of hydrogen-bond donors (Lipinski definition) is 0. The summed E-state index contributed by atoms with van der Waals surface area (Å²) in [5.74, 6) is 1.87. The van der Waals surface area contributed by atoms with Crippen molar-refractivity contribution in [1.29, 1.82) is 0 Å². The van der Waals surface area contributed by atoms with Crippen LogP contribution in [0.5, 0.6) is 0 Å². The maximum absolute atomic E-state index is 5.92. The van der Waals surface area contributed by atoms with Crippen molar-refractivity contribution in [2.45, 2.75) is 38.5 Å². The highest BCUT2D eigenvalue weighted by molar-refractivity contribution is 6.29. The molecule has 0 saturated carbocycles. The van der Waals surface area contributed by atoms with Gasteiger partial charge in [-0.1, -0.05) is 11.6 Å². The molecule has 2 fully saturated rings. The number of hydrogen-bond acceptors (Lipinski definition) is 8. The molecule has 2 aromatic heterocycles. The second-order valence-electron chi connectivity index (χ2n) is 8.50. The minimum atomic E-state index is 0.464. The van der Waals surface area contributed by atoms with Gasteiger partial charge in [0, 0.05) is 60.4 Å². The zero-order chi connectivity index (χ0) is 22.2. The van der Waals surface area contributed by atoms with Crippen LogP contribution in [-0.2, 0) is 0 Å². The van der Waals surface area contributed by atoms with E-state index in [9.17, 15) is 0 Å². The minimum Gasteiger partial charge on any atom is -0.368 e. The molecule has 0 radical (unpaired) electrons. The molecule has 0 amide bonds. The number of nitrogens with zero attached hydrogens (tertiary/aromatic N) is 8. The summed E-state index contributed by atoms with van der Waals surface area (Å²) in [5, 5.41) is 16.7. The Kier molecular flexibility index (Phi) is 8.51. The monoisotopic (exact) mass is 446 g/mol. The first-order chi connectivity index (χ1) is 15.0. The van der Waals surface area contributed by atoms with Gasteiger partial charge in [-0.25, -0.2) is 0 Å². The molecule has 8 nitrogen and oxygen atoms in total. The zero-order valence-electron chi connectivity index (χ0n) is 19.3. The lowest BCUT2D eigenvalue weighted by molar-refractivity contribution is 0.576. The van der Waals surface area contributed by atoms with E-state index in [1.165, 1.54) is 44.2 Å². The van der Waals surface area contributed by atoms with Gasteiger partial charge in [0.1, 0.15) is 0 Å². The van der Waals surface area contributed by atoms with Gasteiger partial charge in [-0.3, -0.25) is 0 Å². The van der Waals surface area contributed by atoms with Crippen molar-refractivity contribution >= 4 is 34.6 Å². The van der Waals surface area contributed by atoms with Crippen molar-refractivity contribution in [3.63, 3.8) is 0 Å². The molecular weight excluding hydrogens is 412 g/mol. The largest absolute Gasteiger partial charge is 0.368 e. The fourth-order valence-corrected chi connectivity index (χ4v) is 4.20. The number of aromatic nitrogens is 4. The van der Waals surface area contributed by atoms with Crippen LogP contribution in [-0.4, -0.2) is 74.8 Å². The SMILES string of the molecule is CN(C)c1nnc(Cl)cc1N1CCCCC1.CN(C)c1nnccc1N1CCCCC1. The summed E-state index contributed by atoms with van der Waals surface area (Å²) in [6.07, 6.45) is 9.51. The normalized spacial score (nSPS) is 16.4. The van der Waals surface area contributed by atoms with Crippen LogP contribution in [0.4, 0.5) is 23.0 Å². The van der Waals surface area contributed by atoms with Crippen LogP contribution >= 0.6 is 11.6 Å². The van der Waals surface area contributed by atoms with Crippen molar-refractivity contribution in [3.8, 4) is 0 Å². The van der Waals surface area contributed by atoms with Crippen LogP contribution in [0, 0.1) is 0 Å². The average molecular weight is 447 g/mol. The molecule has 4 heterocycles. The lowest BCUT2D eigenvalue weighted by Crippen LogP contribution is -2.31. The summed E-state index contributed by atoms with van der Waals surface area (Å²) in [5.41, 5.74) is 2.32. The van der Waals surface area contributed by atoms with Crippen molar-refractivity contribution in [3.05, 3.63) is 23.5 Å². The van der Waals surface area contributed by atoms with E-state index in [4.69, 9.17) is 11.6 Å². The Morgan fingerprint density at radius 2 is 1.23 bits per heavy atom. The number of piperidine rings is 2. The molecule has 0 spiro atoms. The number of halogens is 1. The molecule has 2 aromatic rings. The van der Waals surface area contributed by atoms with Crippen molar-refractivity contribution in [2.75, 3.05) is 74.0 Å². The first kappa shape index (κ1) is 23.3. The van der Waals surface area contributed by atoms with E-state index in [2.05, 4.69) is 36.3 Å². The van der Waals surface area contributed by atoms with Gasteiger partial charge in [0.2, 0.25) is 0 Å². The zero-order valence-corrected chi connectivity index (χ0v) is 20.0. The second kappa shape index (κ2) is 11.3. The Morgan fingerprint density at radius 3 is 1.77 bits per heavy atom. The quantitative estimate of drug-likeness (QED) is 0.704. The minimum absolute atomic E-state index is 0.464. The molecule has 0 aliphatic carbocycles. The predicted molar refractivity (Wildman–Crippen MR) is 130 cm³/mol.